The van der Waals surface area contributed by atoms with Crippen LogP contribution in [0.1, 0.15) is 19.5 Å². The fourth-order valence-electron chi connectivity index (χ4n) is 1.95. The van der Waals surface area contributed by atoms with E-state index in [0.29, 0.717) is 19.7 Å². The van der Waals surface area contributed by atoms with Gasteiger partial charge in [-0.2, -0.15) is 0 Å². The Bertz CT molecular complexity index is 455. The van der Waals surface area contributed by atoms with Crippen LogP contribution in [-0.2, 0) is 17.8 Å². The number of hydrogen-bond acceptors (Lipinski definition) is 5. The van der Waals surface area contributed by atoms with Crippen molar-refractivity contribution in [2.24, 2.45) is 0 Å². The first-order valence-corrected chi connectivity index (χ1v) is 6.95. The predicted octanol–water partition coefficient (Wildman–Crippen LogP) is 0.405. The summed E-state index contributed by atoms with van der Waals surface area (Å²) in [4.78, 5) is 13.8. The smallest absolute Gasteiger partial charge is 0.223 e. The molecule has 20 heavy (non-hydrogen) atoms. The minimum absolute atomic E-state index is 0.0122. The van der Waals surface area contributed by atoms with E-state index < -0.39 is 0 Å². The number of pyridine rings is 1. The predicted molar refractivity (Wildman–Crippen MR) is 76.9 cm³/mol. The maximum Gasteiger partial charge on any atom is 0.223 e. The molecular formula is C14H24N2O4. The molecule has 0 aliphatic rings. The second-order valence-corrected chi connectivity index (χ2v) is 4.51. The van der Waals surface area contributed by atoms with Crippen LogP contribution in [0.15, 0.2) is 17.1 Å². The first-order chi connectivity index (χ1) is 9.62. The maximum atomic E-state index is 11.6. The highest BCUT2D eigenvalue weighted by molar-refractivity contribution is 5.20. The van der Waals surface area contributed by atoms with Crippen molar-refractivity contribution >= 4 is 0 Å². The van der Waals surface area contributed by atoms with Crippen LogP contribution in [-0.4, -0.2) is 52.6 Å². The van der Waals surface area contributed by atoms with Gasteiger partial charge in [0.2, 0.25) is 5.43 Å². The molecule has 1 rings (SSSR count). The Morgan fingerprint density at radius 1 is 1.30 bits per heavy atom. The molecule has 0 fully saturated rings. The third-order valence-corrected chi connectivity index (χ3v) is 3.19. The van der Waals surface area contributed by atoms with Crippen molar-refractivity contribution < 1.29 is 14.9 Å². The Morgan fingerprint density at radius 2 is 2.00 bits per heavy atom. The number of aromatic nitrogens is 1. The molecule has 1 aromatic heterocycles. The van der Waals surface area contributed by atoms with Gasteiger partial charge >= 0.3 is 0 Å². The zero-order chi connectivity index (χ0) is 15.0. The highest BCUT2D eigenvalue weighted by Gasteiger charge is 2.09. The fourth-order valence-corrected chi connectivity index (χ4v) is 1.95. The van der Waals surface area contributed by atoms with Crippen molar-refractivity contribution in [3.63, 3.8) is 0 Å². The Morgan fingerprint density at radius 3 is 2.60 bits per heavy atom. The van der Waals surface area contributed by atoms with E-state index in [-0.39, 0.29) is 24.4 Å². The fraction of sp³-hybridized carbons (Fsp3) is 0.643. The van der Waals surface area contributed by atoms with Gasteiger partial charge < -0.3 is 19.5 Å². The number of ether oxygens (including phenoxy) is 1. The van der Waals surface area contributed by atoms with E-state index in [0.717, 1.165) is 18.8 Å². The standard InChI is InChI=1S/C14H24N2O4/c1-3-15(4-2)10-12-9-13(18)14(19)11-16(12)5-7-20-8-6-17/h9,11,17,19H,3-8,10H2,1-2H3. The molecule has 6 heteroatoms. The van der Waals surface area contributed by atoms with Crippen LogP contribution >= 0.6 is 0 Å². The molecular weight excluding hydrogens is 260 g/mol. The van der Waals surface area contributed by atoms with Gasteiger partial charge in [-0.3, -0.25) is 9.69 Å². The Labute approximate surface area is 119 Å². The van der Waals surface area contributed by atoms with E-state index >= 15 is 0 Å². The van der Waals surface area contributed by atoms with Crippen molar-refractivity contribution in [3.05, 3.63) is 28.2 Å². The third kappa shape index (κ3) is 4.96. The third-order valence-electron chi connectivity index (χ3n) is 3.19. The van der Waals surface area contributed by atoms with E-state index in [4.69, 9.17) is 9.84 Å². The van der Waals surface area contributed by atoms with Crippen molar-refractivity contribution in [1.29, 1.82) is 0 Å². The summed E-state index contributed by atoms with van der Waals surface area (Å²) < 4.78 is 7.05. The molecule has 1 heterocycles. The van der Waals surface area contributed by atoms with Gasteiger partial charge in [-0.15, -0.1) is 0 Å². The van der Waals surface area contributed by atoms with Gasteiger partial charge in [-0.1, -0.05) is 13.8 Å². The van der Waals surface area contributed by atoms with E-state index in [2.05, 4.69) is 18.7 Å². The summed E-state index contributed by atoms with van der Waals surface area (Å²) in [7, 11) is 0. The van der Waals surface area contributed by atoms with Gasteiger partial charge in [-0.25, -0.2) is 0 Å². The first-order valence-electron chi connectivity index (χ1n) is 6.95. The first kappa shape index (κ1) is 16.7. The number of aromatic hydroxyl groups is 1. The summed E-state index contributed by atoms with van der Waals surface area (Å²) >= 11 is 0. The quantitative estimate of drug-likeness (QED) is 0.642. The molecule has 0 radical (unpaired) electrons. The molecule has 0 spiro atoms. The van der Waals surface area contributed by atoms with Gasteiger partial charge in [0.15, 0.2) is 5.75 Å². The number of nitrogens with zero attached hydrogens (tertiary/aromatic N) is 2. The van der Waals surface area contributed by atoms with Crippen LogP contribution in [0.4, 0.5) is 0 Å². The summed E-state index contributed by atoms with van der Waals surface area (Å²) in [5, 5.41) is 18.2. The number of aliphatic hydroxyl groups excluding tert-OH is 1. The Hall–Kier alpha value is -1.37. The van der Waals surface area contributed by atoms with E-state index in [1.54, 1.807) is 0 Å². The van der Waals surface area contributed by atoms with Crippen LogP contribution < -0.4 is 5.43 Å². The summed E-state index contributed by atoms with van der Waals surface area (Å²) in [6.07, 6.45) is 1.45. The van der Waals surface area contributed by atoms with E-state index in [1.807, 2.05) is 4.57 Å². The topological polar surface area (TPSA) is 74.9 Å². The lowest BCUT2D eigenvalue weighted by atomic mass is 10.3. The number of hydrogen-bond donors (Lipinski definition) is 2. The van der Waals surface area contributed by atoms with Crippen molar-refractivity contribution in [1.82, 2.24) is 9.47 Å². The number of rotatable bonds is 9. The van der Waals surface area contributed by atoms with E-state index in [9.17, 15) is 9.90 Å². The van der Waals surface area contributed by atoms with Crippen LogP contribution in [0, 0.1) is 0 Å². The van der Waals surface area contributed by atoms with Crippen LogP contribution in [0.5, 0.6) is 5.75 Å². The highest BCUT2D eigenvalue weighted by Crippen LogP contribution is 2.08. The number of aliphatic hydroxyl groups is 1. The van der Waals surface area contributed by atoms with Gasteiger partial charge in [0.25, 0.3) is 0 Å². The molecule has 0 amide bonds. The average Bonchev–Trinajstić information content (AvgIpc) is 2.45. The molecule has 0 aromatic carbocycles. The zero-order valence-corrected chi connectivity index (χ0v) is 12.2. The normalized spacial score (nSPS) is 11.2. The molecule has 6 nitrogen and oxygen atoms in total. The lowest BCUT2D eigenvalue weighted by Crippen LogP contribution is -2.26. The lowest BCUT2D eigenvalue weighted by Gasteiger charge is -2.21. The average molecular weight is 284 g/mol. The minimum Gasteiger partial charge on any atom is -0.503 e. The second-order valence-electron chi connectivity index (χ2n) is 4.51. The van der Waals surface area contributed by atoms with Crippen LogP contribution in [0.2, 0.25) is 0 Å². The van der Waals surface area contributed by atoms with Gasteiger partial charge in [0.1, 0.15) is 0 Å². The van der Waals surface area contributed by atoms with E-state index in [1.165, 1.54) is 12.3 Å². The SMILES string of the molecule is CCN(CC)Cc1cc(=O)c(O)cn1CCOCCO. The molecule has 0 atom stereocenters. The van der Waals surface area contributed by atoms with Crippen LogP contribution in [0.25, 0.3) is 0 Å². The Kier molecular flexibility index (Phi) is 7.28. The second kappa shape index (κ2) is 8.73. The molecule has 114 valence electrons. The maximum absolute atomic E-state index is 11.6. The lowest BCUT2D eigenvalue weighted by molar-refractivity contribution is 0.0861. The van der Waals surface area contributed by atoms with Crippen molar-refractivity contribution in [2.75, 3.05) is 32.9 Å². The zero-order valence-electron chi connectivity index (χ0n) is 12.2. The highest BCUT2D eigenvalue weighted by atomic mass is 16.5. The van der Waals surface area contributed by atoms with Crippen molar-refractivity contribution in [2.45, 2.75) is 26.9 Å². The van der Waals surface area contributed by atoms with Gasteiger partial charge in [0.05, 0.1) is 26.0 Å². The molecule has 1 aromatic rings. The molecule has 0 bridgehead atoms. The summed E-state index contributed by atoms with van der Waals surface area (Å²) in [5.74, 6) is -0.254. The Balaban J connectivity index is 2.83. The largest absolute Gasteiger partial charge is 0.503 e. The summed E-state index contributed by atoms with van der Waals surface area (Å²) in [5.41, 5.74) is 0.490. The minimum atomic E-state index is -0.361. The molecule has 0 aliphatic carbocycles. The van der Waals surface area contributed by atoms with Gasteiger partial charge in [-0.05, 0) is 13.1 Å². The molecule has 0 saturated carbocycles. The molecule has 0 unspecified atom stereocenters. The molecule has 0 saturated heterocycles. The molecule has 2 N–H and O–H groups in total. The molecule has 0 aliphatic heterocycles. The summed E-state index contributed by atoms with van der Waals surface area (Å²) in [6, 6.07) is 1.47. The van der Waals surface area contributed by atoms with Crippen molar-refractivity contribution in [3.8, 4) is 5.75 Å². The summed E-state index contributed by atoms with van der Waals surface area (Å²) in [6.45, 7) is 7.81. The van der Waals surface area contributed by atoms with Gasteiger partial charge in [0, 0.05) is 24.8 Å². The monoisotopic (exact) mass is 284 g/mol. The van der Waals surface area contributed by atoms with Crippen LogP contribution in [0.3, 0.4) is 0 Å².